The Morgan fingerprint density at radius 3 is 2.61 bits per heavy atom. The van der Waals surface area contributed by atoms with Crippen LogP contribution >= 0.6 is 0 Å². The summed E-state index contributed by atoms with van der Waals surface area (Å²) < 4.78 is 5.87. The summed E-state index contributed by atoms with van der Waals surface area (Å²) in [7, 11) is 0. The van der Waals surface area contributed by atoms with E-state index in [2.05, 4.69) is 32.2 Å². The SMILES string of the molecule is CC(C)(C)[C@H]1OCC[C@@H]1CNC(C(N)=O)c1ccc(C#N)cc1. The molecule has 0 saturated carbocycles. The Bertz CT molecular complexity index is 584. The standard InChI is InChI=1S/C18H25N3O2/c1-18(2,3)16-14(8-9-23-16)11-21-15(17(20)22)13-6-4-12(10-19)5-7-13/h4-7,14-16,21H,8-9,11H2,1-3H3,(H2,20,22)/t14-,15?,16+/m1/s1. The fourth-order valence-electron chi connectivity index (χ4n) is 3.20. The van der Waals surface area contributed by atoms with Gasteiger partial charge >= 0.3 is 0 Å². The average Bonchev–Trinajstić information content (AvgIpc) is 2.96. The monoisotopic (exact) mass is 315 g/mol. The average molecular weight is 315 g/mol. The quantitative estimate of drug-likeness (QED) is 0.871. The van der Waals surface area contributed by atoms with Gasteiger partial charge in [-0.25, -0.2) is 0 Å². The third-order valence-electron chi connectivity index (χ3n) is 4.31. The number of carbonyl (C=O) groups excluding carboxylic acids is 1. The summed E-state index contributed by atoms with van der Waals surface area (Å²) in [5.74, 6) is -0.0591. The zero-order valence-corrected chi connectivity index (χ0v) is 14.0. The van der Waals surface area contributed by atoms with Gasteiger partial charge in [0.2, 0.25) is 5.91 Å². The Morgan fingerprint density at radius 2 is 2.09 bits per heavy atom. The van der Waals surface area contributed by atoms with Gasteiger partial charge in [-0.15, -0.1) is 0 Å². The second-order valence-electron chi connectivity index (χ2n) is 7.18. The van der Waals surface area contributed by atoms with Gasteiger partial charge in [0.05, 0.1) is 17.7 Å². The van der Waals surface area contributed by atoms with Crippen molar-refractivity contribution < 1.29 is 9.53 Å². The van der Waals surface area contributed by atoms with Crippen molar-refractivity contribution in [1.29, 1.82) is 5.26 Å². The first-order valence-corrected chi connectivity index (χ1v) is 7.97. The zero-order valence-electron chi connectivity index (χ0n) is 14.0. The highest BCUT2D eigenvalue weighted by Crippen LogP contribution is 2.34. The topological polar surface area (TPSA) is 88.1 Å². The molecule has 3 N–H and O–H groups in total. The molecule has 1 heterocycles. The van der Waals surface area contributed by atoms with Crippen LogP contribution in [0.1, 0.15) is 44.4 Å². The summed E-state index contributed by atoms with van der Waals surface area (Å²) in [4.78, 5) is 11.8. The molecule has 5 heteroatoms. The number of ether oxygens (including phenoxy) is 1. The number of carbonyl (C=O) groups is 1. The second kappa shape index (κ2) is 7.12. The maximum atomic E-state index is 11.8. The number of benzene rings is 1. The summed E-state index contributed by atoms with van der Waals surface area (Å²) in [6.45, 7) is 7.94. The number of amides is 1. The van der Waals surface area contributed by atoms with Crippen LogP contribution in [0.15, 0.2) is 24.3 Å². The molecule has 5 nitrogen and oxygen atoms in total. The van der Waals surface area contributed by atoms with Gasteiger partial charge in [-0.1, -0.05) is 32.9 Å². The Labute approximate surface area is 137 Å². The molecule has 0 bridgehead atoms. The van der Waals surface area contributed by atoms with Crippen molar-refractivity contribution in [2.24, 2.45) is 17.1 Å². The maximum absolute atomic E-state index is 11.8. The molecule has 1 amide bonds. The van der Waals surface area contributed by atoms with Crippen LogP contribution in [0, 0.1) is 22.7 Å². The normalized spacial score (nSPS) is 22.5. The van der Waals surface area contributed by atoms with Gasteiger partial charge in [0.15, 0.2) is 0 Å². The van der Waals surface area contributed by atoms with E-state index < -0.39 is 11.9 Å². The fourth-order valence-corrected chi connectivity index (χ4v) is 3.20. The fraction of sp³-hybridized carbons (Fsp3) is 0.556. The number of nitrogens with zero attached hydrogens (tertiary/aromatic N) is 1. The second-order valence-corrected chi connectivity index (χ2v) is 7.18. The summed E-state index contributed by atoms with van der Waals surface area (Å²) in [5, 5.41) is 12.1. The molecule has 124 valence electrons. The van der Waals surface area contributed by atoms with E-state index in [1.165, 1.54) is 0 Å². The molecule has 3 atom stereocenters. The largest absolute Gasteiger partial charge is 0.377 e. The van der Waals surface area contributed by atoms with E-state index in [0.717, 1.165) is 18.6 Å². The van der Waals surface area contributed by atoms with E-state index in [-0.39, 0.29) is 11.5 Å². The minimum absolute atomic E-state index is 0.0690. The molecular weight excluding hydrogens is 290 g/mol. The van der Waals surface area contributed by atoms with Crippen LogP contribution in [0.3, 0.4) is 0 Å². The molecule has 23 heavy (non-hydrogen) atoms. The van der Waals surface area contributed by atoms with Gasteiger partial charge in [-0.2, -0.15) is 5.26 Å². The van der Waals surface area contributed by atoms with Gasteiger partial charge in [-0.05, 0) is 29.5 Å². The minimum atomic E-state index is -0.552. The highest BCUT2D eigenvalue weighted by Gasteiger charge is 2.37. The molecule has 1 fully saturated rings. The van der Waals surface area contributed by atoms with E-state index in [0.29, 0.717) is 18.0 Å². The predicted octanol–water partition coefficient (Wildman–Crippen LogP) is 2.13. The van der Waals surface area contributed by atoms with Crippen LogP contribution in [0.25, 0.3) is 0 Å². The van der Waals surface area contributed by atoms with Gasteiger partial charge < -0.3 is 15.8 Å². The zero-order chi connectivity index (χ0) is 17.0. The Balaban J connectivity index is 2.05. The maximum Gasteiger partial charge on any atom is 0.239 e. The van der Waals surface area contributed by atoms with Crippen molar-refractivity contribution in [3.8, 4) is 6.07 Å². The van der Waals surface area contributed by atoms with Crippen LogP contribution in [0.5, 0.6) is 0 Å². The van der Waals surface area contributed by atoms with Crippen molar-refractivity contribution >= 4 is 5.91 Å². The van der Waals surface area contributed by atoms with Crippen LogP contribution in [0.4, 0.5) is 0 Å². The van der Waals surface area contributed by atoms with Crippen LogP contribution in [0.2, 0.25) is 0 Å². The number of rotatable bonds is 5. The molecule has 0 radical (unpaired) electrons. The van der Waals surface area contributed by atoms with Crippen LogP contribution in [-0.4, -0.2) is 25.2 Å². The first kappa shape index (κ1) is 17.5. The number of hydrogen-bond acceptors (Lipinski definition) is 4. The van der Waals surface area contributed by atoms with Crippen molar-refractivity contribution in [2.75, 3.05) is 13.2 Å². The third kappa shape index (κ3) is 4.31. The Kier molecular flexibility index (Phi) is 5.40. The van der Waals surface area contributed by atoms with Gasteiger partial charge in [-0.3, -0.25) is 4.79 Å². The van der Waals surface area contributed by atoms with Gasteiger partial charge in [0.1, 0.15) is 6.04 Å². The predicted molar refractivity (Wildman–Crippen MR) is 88.4 cm³/mol. The molecule has 1 aromatic carbocycles. The van der Waals surface area contributed by atoms with E-state index in [9.17, 15) is 4.79 Å². The molecule has 1 aromatic rings. The lowest BCUT2D eigenvalue weighted by Gasteiger charge is -2.32. The molecule has 1 saturated heterocycles. The molecule has 2 rings (SSSR count). The van der Waals surface area contributed by atoms with E-state index in [1.807, 2.05) is 0 Å². The lowest BCUT2D eigenvalue weighted by Crippen LogP contribution is -2.41. The third-order valence-corrected chi connectivity index (χ3v) is 4.31. The highest BCUT2D eigenvalue weighted by molar-refractivity contribution is 5.81. The van der Waals surface area contributed by atoms with E-state index in [4.69, 9.17) is 15.7 Å². The number of hydrogen-bond donors (Lipinski definition) is 2. The first-order valence-electron chi connectivity index (χ1n) is 7.97. The number of nitrogens with one attached hydrogen (secondary N) is 1. The van der Waals surface area contributed by atoms with Gasteiger partial charge in [0.25, 0.3) is 0 Å². The Morgan fingerprint density at radius 1 is 1.43 bits per heavy atom. The summed E-state index contributed by atoms with van der Waals surface area (Å²) in [5.41, 5.74) is 6.96. The molecule has 1 aliphatic heterocycles. The minimum Gasteiger partial charge on any atom is -0.377 e. The lowest BCUT2D eigenvalue weighted by atomic mass is 9.81. The molecule has 0 aliphatic carbocycles. The molecule has 1 unspecified atom stereocenters. The smallest absolute Gasteiger partial charge is 0.239 e. The molecular formula is C18H25N3O2. The van der Waals surface area contributed by atoms with E-state index >= 15 is 0 Å². The van der Waals surface area contributed by atoms with Crippen LogP contribution in [-0.2, 0) is 9.53 Å². The Hall–Kier alpha value is -1.90. The van der Waals surface area contributed by atoms with E-state index in [1.54, 1.807) is 24.3 Å². The van der Waals surface area contributed by atoms with Crippen molar-refractivity contribution in [3.05, 3.63) is 35.4 Å². The molecule has 0 aromatic heterocycles. The number of nitrogens with two attached hydrogens (primary N) is 1. The van der Waals surface area contributed by atoms with Crippen molar-refractivity contribution in [2.45, 2.75) is 39.3 Å². The number of primary amides is 1. The van der Waals surface area contributed by atoms with Crippen LogP contribution < -0.4 is 11.1 Å². The van der Waals surface area contributed by atoms with Gasteiger partial charge in [0, 0.05) is 19.1 Å². The number of nitriles is 1. The molecule has 1 aliphatic rings. The highest BCUT2D eigenvalue weighted by atomic mass is 16.5. The van der Waals surface area contributed by atoms with Crippen molar-refractivity contribution in [3.63, 3.8) is 0 Å². The first-order chi connectivity index (χ1) is 10.8. The molecule has 0 spiro atoms. The lowest BCUT2D eigenvalue weighted by molar-refractivity contribution is -0.120. The summed E-state index contributed by atoms with van der Waals surface area (Å²) in [6, 6.07) is 8.45. The summed E-state index contributed by atoms with van der Waals surface area (Å²) >= 11 is 0. The summed E-state index contributed by atoms with van der Waals surface area (Å²) in [6.07, 6.45) is 1.15. The van der Waals surface area contributed by atoms with Crippen molar-refractivity contribution in [1.82, 2.24) is 5.32 Å².